The van der Waals surface area contributed by atoms with Crippen LogP contribution in [0.3, 0.4) is 0 Å². The SMILES string of the molecule is O=C(Cn1nc2c(c1NC(=O)c1ccc3c(c1)OCO3)CSC2)NCc1ccccc1. The number of carbonyl (C=O) groups excluding carboxylic acids is 2. The minimum Gasteiger partial charge on any atom is -0.454 e. The number of benzene rings is 2. The zero-order valence-corrected chi connectivity index (χ0v) is 17.4. The van der Waals surface area contributed by atoms with Crippen LogP contribution in [-0.2, 0) is 29.4 Å². The third-order valence-electron chi connectivity index (χ3n) is 5.11. The predicted octanol–water partition coefficient (Wildman–Crippen LogP) is 2.93. The maximum absolute atomic E-state index is 12.9. The number of nitrogens with one attached hydrogen (secondary N) is 2. The fraction of sp³-hybridized carbons (Fsp3) is 0.227. The number of nitrogens with zero attached hydrogens (tertiary/aromatic N) is 2. The maximum atomic E-state index is 12.9. The van der Waals surface area contributed by atoms with Crippen LogP contribution in [0.15, 0.2) is 48.5 Å². The zero-order chi connectivity index (χ0) is 21.2. The molecular formula is C22H20N4O4S. The van der Waals surface area contributed by atoms with Gasteiger partial charge in [0.05, 0.1) is 5.69 Å². The van der Waals surface area contributed by atoms with Crippen LogP contribution < -0.4 is 20.1 Å². The molecule has 31 heavy (non-hydrogen) atoms. The first-order valence-electron chi connectivity index (χ1n) is 9.85. The number of thioether (sulfide) groups is 1. The van der Waals surface area contributed by atoms with Crippen molar-refractivity contribution in [3.05, 3.63) is 70.9 Å². The Morgan fingerprint density at radius 2 is 1.90 bits per heavy atom. The Morgan fingerprint density at radius 1 is 1.06 bits per heavy atom. The van der Waals surface area contributed by atoms with Gasteiger partial charge in [-0.3, -0.25) is 9.59 Å². The van der Waals surface area contributed by atoms with Gasteiger partial charge in [-0.1, -0.05) is 30.3 Å². The van der Waals surface area contributed by atoms with Gasteiger partial charge in [0.1, 0.15) is 12.4 Å². The summed E-state index contributed by atoms with van der Waals surface area (Å²) in [6.45, 7) is 0.618. The van der Waals surface area contributed by atoms with Crippen molar-refractivity contribution < 1.29 is 19.1 Å². The highest BCUT2D eigenvalue weighted by Gasteiger charge is 2.26. The smallest absolute Gasteiger partial charge is 0.256 e. The molecule has 1 aromatic heterocycles. The largest absolute Gasteiger partial charge is 0.454 e. The molecule has 0 bridgehead atoms. The quantitative estimate of drug-likeness (QED) is 0.617. The molecule has 0 saturated carbocycles. The summed E-state index contributed by atoms with van der Waals surface area (Å²) in [6, 6.07) is 14.8. The molecular weight excluding hydrogens is 416 g/mol. The fourth-order valence-electron chi connectivity index (χ4n) is 3.53. The summed E-state index contributed by atoms with van der Waals surface area (Å²) in [5, 5.41) is 10.4. The first-order chi connectivity index (χ1) is 15.2. The molecule has 0 spiro atoms. The lowest BCUT2D eigenvalue weighted by atomic mass is 10.2. The third-order valence-corrected chi connectivity index (χ3v) is 6.08. The molecule has 0 radical (unpaired) electrons. The number of aromatic nitrogens is 2. The molecule has 158 valence electrons. The minimum atomic E-state index is -0.288. The Balaban J connectivity index is 1.31. The molecule has 3 aromatic rings. The average Bonchev–Trinajstić information content (AvgIpc) is 3.50. The van der Waals surface area contributed by atoms with E-state index in [-0.39, 0.29) is 25.2 Å². The molecule has 5 rings (SSSR count). The van der Waals surface area contributed by atoms with Crippen LogP contribution in [0.1, 0.15) is 27.2 Å². The second-order valence-electron chi connectivity index (χ2n) is 7.21. The number of rotatable bonds is 6. The van der Waals surface area contributed by atoms with Gasteiger partial charge in [0.25, 0.3) is 5.91 Å². The van der Waals surface area contributed by atoms with Gasteiger partial charge in [-0.2, -0.15) is 16.9 Å². The van der Waals surface area contributed by atoms with Crippen molar-refractivity contribution in [1.82, 2.24) is 15.1 Å². The lowest BCUT2D eigenvalue weighted by Crippen LogP contribution is -2.28. The lowest BCUT2D eigenvalue weighted by Gasteiger charge is -2.12. The summed E-state index contributed by atoms with van der Waals surface area (Å²) in [5.41, 5.74) is 3.34. The van der Waals surface area contributed by atoms with E-state index in [4.69, 9.17) is 9.47 Å². The summed E-state index contributed by atoms with van der Waals surface area (Å²) in [4.78, 5) is 25.4. The van der Waals surface area contributed by atoms with E-state index in [0.717, 1.165) is 28.3 Å². The molecule has 0 fully saturated rings. The molecule has 2 amide bonds. The van der Waals surface area contributed by atoms with Crippen LogP contribution in [0.25, 0.3) is 0 Å². The molecule has 9 heteroatoms. The number of fused-ring (bicyclic) bond motifs is 2. The molecule has 3 heterocycles. The molecule has 2 N–H and O–H groups in total. The highest BCUT2D eigenvalue weighted by Crippen LogP contribution is 2.36. The normalized spacial score (nSPS) is 13.7. The van der Waals surface area contributed by atoms with Crippen LogP contribution in [0.4, 0.5) is 5.82 Å². The van der Waals surface area contributed by atoms with Gasteiger partial charge in [0.2, 0.25) is 12.7 Å². The Hall–Kier alpha value is -3.46. The molecule has 2 aliphatic rings. The zero-order valence-electron chi connectivity index (χ0n) is 16.6. The van der Waals surface area contributed by atoms with Crippen molar-refractivity contribution in [2.24, 2.45) is 0 Å². The fourth-order valence-corrected chi connectivity index (χ4v) is 4.56. The van der Waals surface area contributed by atoms with Crippen molar-refractivity contribution >= 4 is 29.4 Å². The number of hydrogen-bond acceptors (Lipinski definition) is 6. The van der Waals surface area contributed by atoms with Gasteiger partial charge in [0.15, 0.2) is 11.5 Å². The molecule has 8 nitrogen and oxygen atoms in total. The molecule has 2 aromatic carbocycles. The standard InChI is InChI=1S/C22H20N4O4S/c27-20(23-9-14-4-2-1-3-5-14)10-26-21(16-11-31-12-17(16)25-26)24-22(28)15-6-7-18-19(8-15)30-13-29-18/h1-8H,9-13H2,(H,23,27)(H,24,28). The van der Waals surface area contributed by atoms with E-state index in [1.807, 2.05) is 30.3 Å². The van der Waals surface area contributed by atoms with E-state index in [1.165, 1.54) is 0 Å². The molecule has 0 atom stereocenters. The molecule has 0 saturated heterocycles. The summed E-state index contributed by atoms with van der Waals surface area (Å²) >= 11 is 1.73. The topological polar surface area (TPSA) is 94.5 Å². The van der Waals surface area contributed by atoms with Gasteiger partial charge in [-0.15, -0.1) is 0 Å². The lowest BCUT2D eigenvalue weighted by molar-refractivity contribution is -0.122. The van der Waals surface area contributed by atoms with Gasteiger partial charge in [0, 0.05) is 29.2 Å². The number of ether oxygens (including phenoxy) is 2. The summed E-state index contributed by atoms with van der Waals surface area (Å²) in [7, 11) is 0. The predicted molar refractivity (Wildman–Crippen MR) is 116 cm³/mol. The van der Waals surface area contributed by atoms with Gasteiger partial charge in [-0.05, 0) is 23.8 Å². The van der Waals surface area contributed by atoms with Crippen LogP contribution in [0, 0.1) is 0 Å². The Bertz CT molecular complexity index is 1150. The van der Waals surface area contributed by atoms with Crippen molar-refractivity contribution in [3.8, 4) is 11.5 Å². The van der Waals surface area contributed by atoms with Gasteiger partial charge < -0.3 is 20.1 Å². The molecule has 2 aliphatic heterocycles. The first-order valence-corrected chi connectivity index (χ1v) is 11.0. The average molecular weight is 436 g/mol. The van der Waals surface area contributed by atoms with Gasteiger partial charge in [-0.25, -0.2) is 4.68 Å². The Labute approximate surface area is 182 Å². The number of hydrogen-bond donors (Lipinski definition) is 2. The highest BCUT2D eigenvalue weighted by molar-refractivity contribution is 7.98. The van der Waals surface area contributed by atoms with E-state index >= 15 is 0 Å². The Kier molecular flexibility index (Phi) is 5.25. The monoisotopic (exact) mass is 436 g/mol. The molecule has 0 unspecified atom stereocenters. The van der Waals surface area contributed by atoms with E-state index < -0.39 is 0 Å². The number of amides is 2. The van der Waals surface area contributed by atoms with E-state index in [1.54, 1.807) is 34.6 Å². The molecule has 0 aliphatic carbocycles. The summed E-state index contributed by atoms with van der Waals surface area (Å²) in [5.74, 6) is 2.78. The van der Waals surface area contributed by atoms with Crippen molar-refractivity contribution in [3.63, 3.8) is 0 Å². The Morgan fingerprint density at radius 3 is 2.77 bits per heavy atom. The van der Waals surface area contributed by atoms with E-state index in [0.29, 0.717) is 29.4 Å². The van der Waals surface area contributed by atoms with Crippen LogP contribution in [-0.4, -0.2) is 28.4 Å². The first kappa shape index (κ1) is 19.5. The van der Waals surface area contributed by atoms with Crippen molar-refractivity contribution in [2.75, 3.05) is 12.1 Å². The van der Waals surface area contributed by atoms with E-state index in [2.05, 4.69) is 15.7 Å². The maximum Gasteiger partial charge on any atom is 0.256 e. The minimum absolute atomic E-state index is 0.0290. The van der Waals surface area contributed by atoms with Crippen LogP contribution in [0.5, 0.6) is 11.5 Å². The second-order valence-corrected chi connectivity index (χ2v) is 8.19. The number of anilines is 1. The van der Waals surface area contributed by atoms with E-state index in [9.17, 15) is 9.59 Å². The third kappa shape index (κ3) is 4.09. The highest BCUT2D eigenvalue weighted by atomic mass is 32.2. The second kappa shape index (κ2) is 8.35. The number of carbonyl (C=O) groups is 2. The summed E-state index contributed by atoms with van der Waals surface area (Å²) in [6.07, 6.45) is 0. The van der Waals surface area contributed by atoms with Crippen molar-refractivity contribution in [1.29, 1.82) is 0 Å². The van der Waals surface area contributed by atoms with Gasteiger partial charge >= 0.3 is 0 Å². The van der Waals surface area contributed by atoms with Crippen molar-refractivity contribution in [2.45, 2.75) is 24.6 Å². The van der Waals surface area contributed by atoms with Crippen LogP contribution in [0.2, 0.25) is 0 Å². The van der Waals surface area contributed by atoms with Crippen LogP contribution >= 0.6 is 11.8 Å². The summed E-state index contributed by atoms with van der Waals surface area (Å²) < 4.78 is 12.2.